The smallest absolute Gasteiger partial charge is 0.126 e. The van der Waals surface area contributed by atoms with E-state index in [9.17, 15) is 0 Å². The van der Waals surface area contributed by atoms with E-state index in [4.69, 9.17) is 0 Å². The molecule has 100 valence electrons. The van der Waals surface area contributed by atoms with E-state index in [1.807, 2.05) is 31.2 Å². The molecule has 0 saturated heterocycles. The Morgan fingerprint density at radius 1 is 1.05 bits per heavy atom. The van der Waals surface area contributed by atoms with Crippen molar-refractivity contribution < 1.29 is 0 Å². The SMILES string of the molecule is Cc1cccc(NCC(c2ccccc2)N(C)C)n1. The third-order valence-corrected chi connectivity index (χ3v) is 3.17. The van der Waals surface area contributed by atoms with Gasteiger partial charge in [0, 0.05) is 12.2 Å². The van der Waals surface area contributed by atoms with Crippen LogP contribution in [0.15, 0.2) is 48.5 Å². The number of pyridine rings is 1. The molecule has 0 radical (unpaired) electrons. The number of aromatic nitrogens is 1. The average molecular weight is 255 g/mol. The molecule has 3 nitrogen and oxygen atoms in total. The van der Waals surface area contributed by atoms with Gasteiger partial charge in [-0.25, -0.2) is 4.98 Å². The van der Waals surface area contributed by atoms with E-state index in [1.165, 1.54) is 5.56 Å². The number of anilines is 1. The number of rotatable bonds is 5. The quantitative estimate of drug-likeness (QED) is 0.890. The Kier molecular flexibility index (Phi) is 4.53. The summed E-state index contributed by atoms with van der Waals surface area (Å²) in [5.74, 6) is 0.933. The fourth-order valence-electron chi connectivity index (χ4n) is 2.12. The summed E-state index contributed by atoms with van der Waals surface area (Å²) < 4.78 is 0. The number of hydrogen-bond donors (Lipinski definition) is 1. The van der Waals surface area contributed by atoms with Crippen molar-refractivity contribution in [3.8, 4) is 0 Å². The summed E-state index contributed by atoms with van der Waals surface area (Å²) in [4.78, 5) is 6.69. The molecule has 0 amide bonds. The van der Waals surface area contributed by atoms with Crippen LogP contribution in [-0.2, 0) is 0 Å². The predicted molar refractivity (Wildman–Crippen MR) is 80.3 cm³/mol. The number of nitrogens with one attached hydrogen (secondary N) is 1. The molecule has 0 saturated carbocycles. The molecule has 0 spiro atoms. The molecule has 1 N–H and O–H groups in total. The standard InChI is InChI=1S/C16H21N3/c1-13-8-7-11-16(18-13)17-12-15(19(2)3)14-9-5-4-6-10-14/h4-11,15H,12H2,1-3H3,(H,17,18). The highest BCUT2D eigenvalue weighted by Crippen LogP contribution is 2.18. The summed E-state index contributed by atoms with van der Waals surface area (Å²) in [6.45, 7) is 2.85. The van der Waals surface area contributed by atoms with Gasteiger partial charge in [-0.15, -0.1) is 0 Å². The minimum Gasteiger partial charge on any atom is -0.368 e. The van der Waals surface area contributed by atoms with Crippen LogP contribution in [0, 0.1) is 6.92 Å². The van der Waals surface area contributed by atoms with Crippen molar-refractivity contribution in [3.05, 3.63) is 59.8 Å². The van der Waals surface area contributed by atoms with Crippen LogP contribution in [0.1, 0.15) is 17.3 Å². The van der Waals surface area contributed by atoms with Gasteiger partial charge in [0.15, 0.2) is 0 Å². The topological polar surface area (TPSA) is 28.2 Å². The fourth-order valence-corrected chi connectivity index (χ4v) is 2.12. The number of hydrogen-bond acceptors (Lipinski definition) is 3. The first kappa shape index (κ1) is 13.6. The number of benzene rings is 1. The molecule has 0 fully saturated rings. The van der Waals surface area contributed by atoms with E-state index in [0.29, 0.717) is 6.04 Å². The van der Waals surface area contributed by atoms with E-state index >= 15 is 0 Å². The molecule has 1 aromatic carbocycles. The van der Waals surface area contributed by atoms with Crippen molar-refractivity contribution in [2.24, 2.45) is 0 Å². The van der Waals surface area contributed by atoms with Gasteiger partial charge in [0.1, 0.15) is 5.82 Å². The number of aryl methyl sites for hydroxylation is 1. The summed E-state index contributed by atoms with van der Waals surface area (Å²) in [5, 5.41) is 3.41. The maximum absolute atomic E-state index is 4.47. The van der Waals surface area contributed by atoms with Gasteiger partial charge in [0.05, 0.1) is 6.04 Å². The van der Waals surface area contributed by atoms with Crippen LogP contribution in [0.25, 0.3) is 0 Å². The predicted octanol–water partition coefficient (Wildman–Crippen LogP) is 3.10. The first-order valence-electron chi connectivity index (χ1n) is 6.56. The van der Waals surface area contributed by atoms with Gasteiger partial charge in [-0.1, -0.05) is 36.4 Å². The van der Waals surface area contributed by atoms with Crippen LogP contribution in [0.5, 0.6) is 0 Å². The van der Waals surface area contributed by atoms with E-state index < -0.39 is 0 Å². The van der Waals surface area contributed by atoms with E-state index in [1.54, 1.807) is 0 Å². The first-order chi connectivity index (χ1) is 9.16. The van der Waals surface area contributed by atoms with Gasteiger partial charge in [0.25, 0.3) is 0 Å². The van der Waals surface area contributed by atoms with Crippen molar-refractivity contribution in [3.63, 3.8) is 0 Å². The van der Waals surface area contributed by atoms with E-state index in [2.05, 4.69) is 53.6 Å². The van der Waals surface area contributed by atoms with E-state index in [-0.39, 0.29) is 0 Å². The largest absolute Gasteiger partial charge is 0.368 e. The maximum atomic E-state index is 4.47. The highest BCUT2D eigenvalue weighted by Gasteiger charge is 2.13. The normalized spacial score (nSPS) is 12.4. The number of likely N-dealkylation sites (N-methyl/N-ethyl adjacent to an activating group) is 1. The molecule has 0 aliphatic carbocycles. The Balaban J connectivity index is 2.06. The van der Waals surface area contributed by atoms with Crippen molar-refractivity contribution in [1.29, 1.82) is 0 Å². The van der Waals surface area contributed by atoms with Gasteiger partial charge >= 0.3 is 0 Å². The Morgan fingerprint density at radius 3 is 2.42 bits per heavy atom. The van der Waals surface area contributed by atoms with Gasteiger partial charge in [-0.2, -0.15) is 0 Å². The van der Waals surface area contributed by atoms with Crippen molar-refractivity contribution in [2.45, 2.75) is 13.0 Å². The monoisotopic (exact) mass is 255 g/mol. The minimum atomic E-state index is 0.337. The Bertz CT molecular complexity index is 508. The lowest BCUT2D eigenvalue weighted by molar-refractivity contribution is 0.311. The lowest BCUT2D eigenvalue weighted by atomic mass is 10.1. The molecular formula is C16H21N3. The molecule has 0 aliphatic rings. The van der Waals surface area contributed by atoms with E-state index in [0.717, 1.165) is 18.1 Å². The van der Waals surface area contributed by atoms with Crippen molar-refractivity contribution in [1.82, 2.24) is 9.88 Å². The second-order valence-corrected chi connectivity index (χ2v) is 4.94. The molecule has 0 bridgehead atoms. The third-order valence-electron chi connectivity index (χ3n) is 3.17. The second kappa shape index (κ2) is 6.34. The molecule has 19 heavy (non-hydrogen) atoms. The van der Waals surface area contributed by atoms with Crippen LogP contribution in [0.3, 0.4) is 0 Å². The van der Waals surface area contributed by atoms with Crippen LogP contribution >= 0.6 is 0 Å². The van der Waals surface area contributed by atoms with Gasteiger partial charge in [0.2, 0.25) is 0 Å². The number of nitrogens with zero attached hydrogens (tertiary/aromatic N) is 2. The summed E-state index contributed by atoms with van der Waals surface area (Å²) in [5.41, 5.74) is 2.35. The van der Waals surface area contributed by atoms with Gasteiger partial charge in [-0.3, -0.25) is 0 Å². The third kappa shape index (κ3) is 3.80. The average Bonchev–Trinajstić information content (AvgIpc) is 2.40. The fraction of sp³-hybridized carbons (Fsp3) is 0.312. The lowest BCUT2D eigenvalue weighted by Crippen LogP contribution is -2.27. The van der Waals surface area contributed by atoms with Gasteiger partial charge < -0.3 is 10.2 Å². The van der Waals surface area contributed by atoms with Crippen LogP contribution in [-0.4, -0.2) is 30.5 Å². The van der Waals surface area contributed by atoms with Crippen molar-refractivity contribution >= 4 is 5.82 Å². The molecule has 1 atom stereocenters. The lowest BCUT2D eigenvalue weighted by Gasteiger charge is -2.25. The Labute approximate surface area is 115 Å². The van der Waals surface area contributed by atoms with Gasteiger partial charge in [-0.05, 0) is 38.7 Å². The zero-order chi connectivity index (χ0) is 13.7. The van der Waals surface area contributed by atoms with Crippen LogP contribution in [0.4, 0.5) is 5.82 Å². The highest BCUT2D eigenvalue weighted by atomic mass is 15.1. The Hall–Kier alpha value is -1.87. The molecule has 3 heteroatoms. The molecule has 0 aliphatic heterocycles. The molecule has 1 unspecified atom stereocenters. The summed E-state index contributed by atoms with van der Waals surface area (Å²) in [6, 6.07) is 16.9. The maximum Gasteiger partial charge on any atom is 0.126 e. The summed E-state index contributed by atoms with van der Waals surface area (Å²) >= 11 is 0. The second-order valence-electron chi connectivity index (χ2n) is 4.94. The van der Waals surface area contributed by atoms with Crippen LogP contribution in [0.2, 0.25) is 0 Å². The molecule has 1 aromatic heterocycles. The van der Waals surface area contributed by atoms with Crippen LogP contribution < -0.4 is 5.32 Å². The minimum absolute atomic E-state index is 0.337. The molecule has 1 heterocycles. The Morgan fingerprint density at radius 2 is 1.79 bits per heavy atom. The first-order valence-corrected chi connectivity index (χ1v) is 6.56. The highest BCUT2D eigenvalue weighted by molar-refractivity contribution is 5.36. The zero-order valence-corrected chi connectivity index (χ0v) is 11.8. The molecule has 2 aromatic rings. The molecular weight excluding hydrogens is 234 g/mol. The summed E-state index contributed by atoms with van der Waals surface area (Å²) in [7, 11) is 4.20. The van der Waals surface area contributed by atoms with Crippen molar-refractivity contribution in [2.75, 3.05) is 26.0 Å². The molecule has 2 rings (SSSR count). The zero-order valence-electron chi connectivity index (χ0n) is 11.8. The summed E-state index contributed by atoms with van der Waals surface area (Å²) in [6.07, 6.45) is 0.